The molecule has 0 aromatic carbocycles. The summed E-state index contributed by atoms with van der Waals surface area (Å²) in [4.78, 5) is 10.6. The molecular formula is C8H16O3. The van der Waals surface area contributed by atoms with Crippen LogP contribution in [-0.2, 0) is 9.53 Å². The minimum absolute atomic E-state index is 0.352. The van der Waals surface area contributed by atoms with Gasteiger partial charge in [0.15, 0.2) is 0 Å². The lowest BCUT2D eigenvalue weighted by atomic mass is 9.97. The molecule has 2 unspecified atom stereocenters. The highest BCUT2D eigenvalue weighted by molar-refractivity contribution is 5.66. The van der Waals surface area contributed by atoms with Crippen molar-refractivity contribution in [3.8, 4) is 0 Å². The predicted molar refractivity (Wildman–Crippen MR) is 42.1 cm³/mol. The fourth-order valence-electron chi connectivity index (χ4n) is 0.781. The number of ether oxygens (including phenoxy) is 1. The Bertz CT molecular complexity index is 142. The molecule has 0 aliphatic carbocycles. The standard InChI is InChI=1S/C8H16O3/c1-5-8(4,6(2)9)11-7(3)10/h6,9H,5H2,1-4H3. The Morgan fingerprint density at radius 3 is 2.27 bits per heavy atom. The van der Waals surface area contributed by atoms with Crippen LogP contribution in [0.5, 0.6) is 0 Å². The maximum absolute atomic E-state index is 10.6. The third kappa shape index (κ3) is 2.89. The topological polar surface area (TPSA) is 46.5 Å². The summed E-state index contributed by atoms with van der Waals surface area (Å²) in [5.74, 6) is -0.352. The molecule has 11 heavy (non-hydrogen) atoms. The number of carbonyl (C=O) groups excluding carboxylic acids is 1. The van der Waals surface area contributed by atoms with Crippen molar-refractivity contribution in [3.63, 3.8) is 0 Å². The van der Waals surface area contributed by atoms with Crippen LogP contribution in [0, 0.1) is 0 Å². The minimum atomic E-state index is -0.730. The highest BCUT2D eigenvalue weighted by Crippen LogP contribution is 2.19. The number of aliphatic hydroxyl groups is 1. The van der Waals surface area contributed by atoms with E-state index in [4.69, 9.17) is 4.74 Å². The average Bonchev–Trinajstić information content (AvgIpc) is 1.86. The Labute approximate surface area is 67.4 Å². The van der Waals surface area contributed by atoms with Crippen molar-refractivity contribution >= 4 is 5.97 Å². The van der Waals surface area contributed by atoms with Gasteiger partial charge in [-0.25, -0.2) is 0 Å². The third-order valence-electron chi connectivity index (χ3n) is 1.96. The van der Waals surface area contributed by atoms with Gasteiger partial charge < -0.3 is 9.84 Å². The molecule has 0 aliphatic heterocycles. The van der Waals surface area contributed by atoms with Gasteiger partial charge in [0.05, 0.1) is 6.10 Å². The summed E-state index contributed by atoms with van der Waals surface area (Å²) < 4.78 is 4.96. The van der Waals surface area contributed by atoms with Crippen LogP contribution in [0.1, 0.15) is 34.1 Å². The number of aliphatic hydroxyl groups excluding tert-OH is 1. The first-order chi connectivity index (χ1) is 4.92. The Hall–Kier alpha value is -0.570. The number of hydrogen-bond donors (Lipinski definition) is 1. The Balaban J connectivity index is 4.22. The van der Waals surface area contributed by atoms with Crippen molar-refractivity contribution in [1.82, 2.24) is 0 Å². The fourth-order valence-corrected chi connectivity index (χ4v) is 0.781. The van der Waals surface area contributed by atoms with Gasteiger partial charge in [-0.2, -0.15) is 0 Å². The summed E-state index contributed by atoms with van der Waals surface area (Å²) in [5, 5.41) is 9.24. The molecule has 66 valence electrons. The summed E-state index contributed by atoms with van der Waals surface area (Å²) in [5.41, 5.74) is -0.730. The van der Waals surface area contributed by atoms with Crippen molar-refractivity contribution in [3.05, 3.63) is 0 Å². The molecule has 0 heterocycles. The maximum Gasteiger partial charge on any atom is 0.303 e. The summed E-state index contributed by atoms with van der Waals surface area (Å²) >= 11 is 0. The molecule has 0 saturated heterocycles. The van der Waals surface area contributed by atoms with E-state index in [1.54, 1.807) is 13.8 Å². The zero-order valence-corrected chi connectivity index (χ0v) is 7.55. The minimum Gasteiger partial charge on any atom is -0.457 e. The zero-order valence-electron chi connectivity index (χ0n) is 7.55. The molecule has 2 atom stereocenters. The maximum atomic E-state index is 10.6. The molecule has 0 aliphatic rings. The van der Waals surface area contributed by atoms with Crippen LogP contribution >= 0.6 is 0 Å². The van der Waals surface area contributed by atoms with Gasteiger partial charge in [0.25, 0.3) is 0 Å². The lowest BCUT2D eigenvalue weighted by Crippen LogP contribution is -2.40. The Morgan fingerprint density at radius 1 is 1.73 bits per heavy atom. The summed E-state index contributed by atoms with van der Waals surface area (Å²) in [6, 6.07) is 0. The van der Waals surface area contributed by atoms with E-state index >= 15 is 0 Å². The molecule has 0 fully saturated rings. The molecule has 0 bridgehead atoms. The summed E-state index contributed by atoms with van der Waals surface area (Å²) in [6.07, 6.45) is -0.0130. The van der Waals surface area contributed by atoms with E-state index in [0.717, 1.165) is 0 Å². The first-order valence-electron chi connectivity index (χ1n) is 3.80. The molecule has 0 aromatic rings. The van der Waals surface area contributed by atoms with Gasteiger partial charge in [0, 0.05) is 6.92 Å². The molecule has 0 aromatic heterocycles. The van der Waals surface area contributed by atoms with Crippen LogP contribution in [-0.4, -0.2) is 22.8 Å². The first-order valence-corrected chi connectivity index (χ1v) is 3.80. The van der Waals surface area contributed by atoms with Crippen molar-refractivity contribution < 1.29 is 14.6 Å². The van der Waals surface area contributed by atoms with E-state index in [1.165, 1.54) is 6.92 Å². The lowest BCUT2D eigenvalue weighted by molar-refractivity contribution is -0.167. The average molecular weight is 160 g/mol. The molecule has 0 saturated carbocycles. The van der Waals surface area contributed by atoms with E-state index in [0.29, 0.717) is 6.42 Å². The lowest BCUT2D eigenvalue weighted by Gasteiger charge is -2.30. The van der Waals surface area contributed by atoms with E-state index in [-0.39, 0.29) is 5.97 Å². The van der Waals surface area contributed by atoms with Crippen molar-refractivity contribution in [1.29, 1.82) is 0 Å². The zero-order chi connectivity index (χ0) is 9.07. The number of hydrogen-bond acceptors (Lipinski definition) is 3. The molecule has 3 nitrogen and oxygen atoms in total. The number of carbonyl (C=O) groups is 1. The van der Waals surface area contributed by atoms with Gasteiger partial charge in [-0.15, -0.1) is 0 Å². The molecule has 0 radical (unpaired) electrons. The fraction of sp³-hybridized carbons (Fsp3) is 0.875. The molecule has 0 spiro atoms. The predicted octanol–water partition coefficient (Wildman–Crippen LogP) is 1.10. The van der Waals surface area contributed by atoms with Gasteiger partial charge in [-0.05, 0) is 20.3 Å². The Morgan fingerprint density at radius 2 is 2.18 bits per heavy atom. The van der Waals surface area contributed by atoms with Crippen molar-refractivity contribution in [2.45, 2.75) is 45.8 Å². The number of rotatable bonds is 3. The SMILES string of the molecule is CCC(C)(OC(C)=O)C(C)O. The molecule has 0 amide bonds. The monoisotopic (exact) mass is 160 g/mol. The summed E-state index contributed by atoms with van der Waals surface area (Å²) in [6.45, 7) is 6.55. The normalized spacial score (nSPS) is 18.6. The molecule has 3 heteroatoms. The molecule has 0 rings (SSSR count). The van der Waals surface area contributed by atoms with Crippen molar-refractivity contribution in [2.24, 2.45) is 0 Å². The highest BCUT2D eigenvalue weighted by atomic mass is 16.6. The second-order valence-electron chi connectivity index (χ2n) is 2.94. The van der Waals surface area contributed by atoms with E-state index in [1.807, 2.05) is 6.92 Å². The molecule has 1 N–H and O–H groups in total. The van der Waals surface area contributed by atoms with Crippen LogP contribution in [0.15, 0.2) is 0 Å². The van der Waals surface area contributed by atoms with Crippen LogP contribution < -0.4 is 0 Å². The van der Waals surface area contributed by atoms with Gasteiger partial charge in [-0.1, -0.05) is 6.92 Å². The summed E-state index contributed by atoms with van der Waals surface area (Å²) in [7, 11) is 0. The van der Waals surface area contributed by atoms with E-state index in [2.05, 4.69) is 0 Å². The van der Waals surface area contributed by atoms with Crippen LogP contribution in [0.4, 0.5) is 0 Å². The Kier molecular flexibility index (Phi) is 3.52. The van der Waals surface area contributed by atoms with E-state index in [9.17, 15) is 9.90 Å². The van der Waals surface area contributed by atoms with Gasteiger partial charge >= 0.3 is 5.97 Å². The van der Waals surface area contributed by atoms with Crippen molar-refractivity contribution in [2.75, 3.05) is 0 Å². The quantitative estimate of drug-likeness (QED) is 0.629. The second kappa shape index (κ2) is 3.72. The molecular weight excluding hydrogens is 144 g/mol. The van der Waals surface area contributed by atoms with Crippen LogP contribution in [0.25, 0.3) is 0 Å². The smallest absolute Gasteiger partial charge is 0.303 e. The van der Waals surface area contributed by atoms with Crippen LogP contribution in [0.2, 0.25) is 0 Å². The second-order valence-corrected chi connectivity index (χ2v) is 2.94. The van der Waals surface area contributed by atoms with Crippen LogP contribution in [0.3, 0.4) is 0 Å². The highest BCUT2D eigenvalue weighted by Gasteiger charge is 2.30. The van der Waals surface area contributed by atoms with Gasteiger partial charge in [0.1, 0.15) is 5.60 Å². The first kappa shape index (κ1) is 10.4. The van der Waals surface area contributed by atoms with Gasteiger partial charge in [-0.3, -0.25) is 4.79 Å². The van der Waals surface area contributed by atoms with E-state index < -0.39 is 11.7 Å². The van der Waals surface area contributed by atoms with Gasteiger partial charge in [0.2, 0.25) is 0 Å². The third-order valence-corrected chi connectivity index (χ3v) is 1.96. The largest absolute Gasteiger partial charge is 0.457 e. The number of esters is 1.